The van der Waals surface area contributed by atoms with Crippen LogP contribution in [0.3, 0.4) is 0 Å². The Morgan fingerprint density at radius 1 is 1.10 bits per heavy atom. The van der Waals surface area contributed by atoms with Gasteiger partial charge in [-0.05, 0) is 54.5 Å². The molecule has 1 fully saturated rings. The fraction of sp³-hybridized carbons (Fsp3) is 0.435. The summed E-state index contributed by atoms with van der Waals surface area (Å²) >= 11 is 0. The molecule has 29 heavy (non-hydrogen) atoms. The van der Waals surface area contributed by atoms with Crippen molar-refractivity contribution in [3.8, 4) is 0 Å². The van der Waals surface area contributed by atoms with Crippen LogP contribution in [-0.4, -0.2) is 23.9 Å². The number of carbonyl (C=O) groups excluding carboxylic acids is 1. The van der Waals surface area contributed by atoms with Crippen molar-refractivity contribution in [1.29, 1.82) is 0 Å². The number of halogens is 2. The Labute approximate surface area is 187 Å². The fourth-order valence-electron chi connectivity index (χ4n) is 3.75. The number of nitrogen functional groups attached to an aromatic ring is 1. The number of nitrogens with one attached hydrogen (secondary N) is 1. The lowest BCUT2D eigenvalue weighted by molar-refractivity contribution is -0.121. The molecule has 2 aromatic rings. The Bertz CT molecular complexity index is 752. The molecule has 0 spiro atoms. The highest BCUT2D eigenvalue weighted by molar-refractivity contribution is 5.85. The molecule has 1 aliphatic rings. The highest BCUT2D eigenvalue weighted by atomic mass is 35.5. The SMILES string of the molecule is CC1CCCN(Cc2ccc(CNC(=O)CCc3ccccc3N)cc2)C1.Cl.Cl. The smallest absolute Gasteiger partial charge is 0.220 e. The zero-order chi connectivity index (χ0) is 19.1. The first-order valence-corrected chi connectivity index (χ1v) is 10.0. The number of rotatable bonds is 7. The average Bonchev–Trinajstić information content (AvgIpc) is 2.67. The molecular formula is C23H33Cl2N3O. The lowest BCUT2D eigenvalue weighted by atomic mass is 9.99. The predicted molar refractivity (Wildman–Crippen MR) is 126 cm³/mol. The van der Waals surface area contributed by atoms with Crippen LogP contribution in [0, 0.1) is 5.92 Å². The number of carbonyl (C=O) groups is 1. The summed E-state index contributed by atoms with van der Waals surface area (Å²) in [5.41, 5.74) is 10.2. The zero-order valence-corrected chi connectivity index (χ0v) is 18.7. The molecule has 4 nitrogen and oxygen atoms in total. The Balaban J connectivity index is 0.00000210. The molecule has 0 saturated carbocycles. The molecule has 1 amide bonds. The molecule has 1 unspecified atom stereocenters. The van der Waals surface area contributed by atoms with Crippen LogP contribution < -0.4 is 11.1 Å². The van der Waals surface area contributed by atoms with E-state index in [2.05, 4.69) is 41.4 Å². The van der Waals surface area contributed by atoms with E-state index in [0.717, 1.165) is 29.3 Å². The number of anilines is 1. The van der Waals surface area contributed by atoms with E-state index in [9.17, 15) is 4.79 Å². The minimum Gasteiger partial charge on any atom is -0.399 e. The van der Waals surface area contributed by atoms with E-state index < -0.39 is 0 Å². The van der Waals surface area contributed by atoms with Crippen LogP contribution in [0.25, 0.3) is 0 Å². The van der Waals surface area contributed by atoms with Crippen molar-refractivity contribution < 1.29 is 4.79 Å². The van der Waals surface area contributed by atoms with E-state index in [0.29, 0.717) is 19.4 Å². The number of para-hydroxylation sites is 1. The summed E-state index contributed by atoms with van der Waals surface area (Å²) < 4.78 is 0. The first-order valence-electron chi connectivity index (χ1n) is 10.0. The van der Waals surface area contributed by atoms with Crippen molar-refractivity contribution in [2.75, 3.05) is 18.8 Å². The molecule has 0 aliphatic carbocycles. The van der Waals surface area contributed by atoms with Gasteiger partial charge in [0.1, 0.15) is 0 Å². The number of amides is 1. The van der Waals surface area contributed by atoms with Gasteiger partial charge >= 0.3 is 0 Å². The van der Waals surface area contributed by atoms with Crippen molar-refractivity contribution >= 4 is 36.4 Å². The van der Waals surface area contributed by atoms with Gasteiger partial charge in [-0.1, -0.05) is 49.4 Å². The molecule has 0 aromatic heterocycles. The molecule has 3 rings (SSSR count). The number of piperidine rings is 1. The summed E-state index contributed by atoms with van der Waals surface area (Å²) in [7, 11) is 0. The summed E-state index contributed by atoms with van der Waals surface area (Å²) in [6, 6.07) is 16.3. The largest absolute Gasteiger partial charge is 0.399 e. The molecule has 6 heteroatoms. The van der Waals surface area contributed by atoms with Gasteiger partial charge in [0, 0.05) is 31.7 Å². The molecule has 1 saturated heterocycles. The molecule has 2 aromatic carbocycles. The molecule has 0 bridgehead atoms. The van der Waals surface area contributed by atoms with E-state index in [1.54, 1.807) is 0 Å². The van der Waals surface area contributed by atoms with E-state index in [1.807, 2.05) is 24.3 Å². The molecule has 1 atom stereocenters. The second kappa shape index (κ2) is 12.7. The van der Waals surface area contributed by atoms with Crippen molar-refractivity contribution in [2.45, 2.75) is 45.7 Å². The quantitative estimate of drug-likeness (QED) is 0.622. The number of benzene rings is 2. The Morgan fingerprint density at radius 3 is 2.48 bits per heavy atom. The number of nitrogens with two attached hydrogens (primary N) is 1. The van der Waals surface area contributed by atoms with Crippen LogP contribution in [0.1, 0.15) is 42.9 Å². The van der Waals surface area contributed by atoms with Crippen molar-refractivity contribution in [3.05, 3.63) is 65.2 Å². The topological polar surface area (TPSA) is 58.4 Å². The van der Waals surface area contributed by atoms with Crippen LogP contribution in [0.4, 0.5) is 5.69 Å². The standard InChI is InChI=1S/C23H31N3O.2ClH/c1-18-5-4-14-26(16-18)17-20-10-8-19(9-11-20)15-25-23(27)13-12-21-6-2-3-7-22(21)24;;/h2-3,6-11,18H,4-5,12-17,24H2,1H3,(H,25,27);2*1H. The third-order valence-electron chi connectivity index (χ3n) is 5.34. The summed E-state index contributed by atoms with van der Waals surface area (Å²) in [6.07, 6.45) is 3.79. The van der Waals surface area contributed by atoms with Gasteiger partial charge in [0.15, 0.2) is 0 Å². The third kappa shape index (κ3) is 8.25. The fourth-order valence-corrected chi connectivity index (χ4v) is 3.75. The first-order chi connectivity index (χ1) is 13.1. The third-order valence-corrected chi connectivity index (χ3v) is 5.34. The number of aryl methyl sites for hydroxylation is 1. The van der Waals surface area contributed by atoms with E-state index in [-0.39, 0.29) is 30.7 Å². The Kier molecular flexibility index (Phi) is 11.1. The maximum absolute atomic E-state index is 12.1. The van der Waals surface area contributed by atoms with Gasteiger partial charge in [-0.2, -0.15) is 0 Å². The maximum Gasteiger partial charge on any atom is 0.220 e. The second-order valence-electron chi connectivity index (χ2n) is 7.77. The average molecular weight is 438 g/mol. The van der Waals surface area contributed by atoms with Crippen LogP contribution in [-0.2, 0) is 24.3 Å². The number of likely N-dealkylation sites (tertiary alicyclic amines) is 1. The minimum atomic E-state index is 0. The van der Waals surface area contributed by atoms with E-state index >= 15 is 0 Å². The van der Waals surface area contributed by atoms with Crippen molar-refractivity contribution in [2.24, 2.45) is 5.92 Å². The second-order valence-corrected chi connectivity index (χ2v) is 7.77. The summed E-state index contributed by atoms with van der Waals surface area (Å²) in [5, 5.41) is 3.01. The number of nitrogens with zero attached hydrogens (tertiary/aromatic N) is 1. The molecule has 1 heterocycles. The number of hydrogen-bond acceptors (Lipinski definition) is 3. The van der Waals surface area contributed by atoms with Crippen molar-refractivity contribution in [3.63, 3.8) is 0 Å². The molecular weight excluding hydrogens is 405 g/mol. The normalized spacial score (nSPS) is 16.4. The van der Waals surface area contributed by atoms with Gasteiger partial charge in [-0.3, -0.25) is 9.69 Å². The number of hydrogen-bond donors (Lipinski definition) is 2. The monoisotopic (exact) mass is 437 g/mol. The van der Waals surface area contributed by atoms with Crippen LogP contribution in [0.5, 0.6) is 0 Å². The predicted octanol–water partition coefficient (Wildman–Crippen LogP) is 4.59. The minimum absolute atomic E-state index is 0. The van der Waals surface area contributed by atoms with Crippen LogP contribution in [0.2, 0.25) is 0 Å². The maximum atomic E-state index is 12.1. The van der Waals surface area contributed by atoms with Gasteiger partial charge in [0.2, 0.25) is 5.91 Å². The summed E-state index contributed by atoms with van der Waals surface area (Å²) in [4.78, 5) is 14.6. The Hall–Kier alpha value is -1.75. The van der Waals surface area contributed by atoms with Gasteiger partial charge < -0.3 is 11.1 Å². The van der Waals surface area contributed by atoms with Crippen LogP contribution in [0.15, 0.2) is 48.5 Å². The molecule has 3 N–H and O–H groups in total. The molecule has 1 aliphatic heterocycles. The highest BCUT2D eigenvalue weighted by Gasteiger charge is 2.16. The lowest BCUT2D eigenvalue weighted by Gasteiger charge is -2.30. The Morgan fingerprint density at radius 2 is 1.79 bits per heavy atom. The highest BCUT2D eigenvalue weighted by Crippen LogP contribution is 2.18. The van der Waals surface area contributed by atoms with Crippen molar-refractivity contribution in [1.82, 2.24) is 10.2 Å². The first kappa shape index (κ1) is 25.3. The molecule has 0 radical (unpaired) electrons. The summed E-state index contributed by atoms with van der Waals surface area (Å²) in [5.74, 6) is 0.865. The van der Waals surface area contributed by atoms with Gasteiger partial charge in [0.25, 0.3) is 0 Å². The summed E-state index contributed by atoms with van der Waals surface area (Å²) in [6.45, 7) is 6.33. The van der Waals surface area contributed by atoms with Gasteiger partial charge in [-0.25, -0.2) is 0 Å². The van der Waals surface area contributed by atoms with Gasteiger partial charge in [-0.15, -0.1) is 24.8 Å². The zero-order valence-electron chi connectivity index (χ0n) is 17.1. The van der Waals surface area contributed by atoms with Crippen LogP contribution >= 0.6 is 24.8 Å². The van der Waals surface area contributed by atoms with E-state index in [1.165, 1.54) is 31.5 Å². The van der Waals surface area contributed by atoms with E-state index in [4.69, 9.17) is 5.73 Å². The lowest BCUT2D eigenvalue weighted by Crippen LogP contribution is -2.33. The van der Waals surface area contributed by atoms with Gasteiger partial charge in [0.05, 0.1) is 0 Å². The molecule has 160 valence electrons.